The second kappa shape index (κ2) is 12.3. The average Bonchev–Trinajstić information content (AvgIpc) is 3.76. The fourth-order valence-corrected chi connectivity index (χ4v) is 9.54. The first-order valence-corrected chi connectivity index (χ1v) is 19.5. The average molecular weight is 724 g/mol. The standard InChI is InChI=1S/C54H33N3/c1-3-14-36-30-41(26-24-34(36)12-1)52-55-51(56-53(57-52)42-27-25-35-13-2-4-15-37(35)31-42)40-17-11-16-38(32-40)39-28-29-50-46(33-39)45-20-7-10-23-49(45)54(50)47-21-8-5-18-43(47)44-19-6-9-22-48(44)54/h1-33H. The molecule has 0 fully saturated rings. The number of hydrogen-bond acceptors (Lipinski definition) is 3. The molecular formula is C54H33N3. The highest BCUT2D eigenvalue weighted by Gasteiger charge is 2.51. The molecule has 2 aliphatic carbocycles. The van der Waals surface area contributed by atoms with Crippen molar-refractivity contribution >= 4 is 21.5 Å². The first-order chi connectivity index (χ1) is 28.2. The lowest BCUT2D eigenvalue weighted by atomic mass is 9.70. The van der Waals surface area contributed by atoms with Crippen LogP contribution in [-0.2, 0) is 5.41 Å². The SMILES string of the molecule is c1cc(-c2ccc3c(c2)-c2ccccc2C32c3ccccc3-c3ccccc32)cc(-c2nc(-c3ccc4ccccc4c3)nc(-c3ccc4ccccc4c3)n2)c1. The first-order valence-electron chi connectivity index (χ1n) is 19.5. The van der Waals surface area contributed by atoms with Crippen LogP contribution in [0, 0.1) is 0 Å². The molecule has 0 saturated heterocycles. The van der Waals surface area contributed by atoms with Crippen molar-refractivity contribution in [2.45, 2.75) is 5.41 Å². The Morgan fingerprint density at radius 3 is 1.18 bits per heavy atom. The highest BCUT2D eigenvalue weighted by Crippen LogP contribution is 2.62. The lowest BCUT2D eigenvalue weighted by Gasteiger charge is -2.30. The summed E-state index contributed by atoms with van der Waals surface area (Å²) in [6.45, 7) is 0. The largest absolute Gasteiger partial charge is 0.208 e. The third-order valence-corrected chi connectivity index (χ3v) is 12.1. The van der Waals surface area contributed by atoms with E-state index in [2.05, 4.69) is 200 Å². The second-order valence-corrected chi connectivity index (χ2v) is 15.2. The molecule has 0 unspecified atom stereocenters. The van der Waals surface area contributed by atoms with Crippen molar-refractivity contribution in [3.63, 3.8) is 0 Å². The van der Waals surface area contributed by atoms with Crippen molar-refractivity contribution in [1.29, 1.82) is 0 Å². The van der Waals surface area contributed by atoms with Crippen LogP contribution >= 0.6 is 0 Å². The third kappa shape index (κ3) is 4.76. The van der Waals surface area contributed by atoms with Gasteiger partial charge in [-0.05, 0) is 101 Å². The summed E-state index contributed by atoms with van der Waals surface area (Å²) in [5, 5.41) is 4.66. The molecule has 0 atom stereocenters. The van der Waals surface area contributed by atoms with Crippen LogP contribution in [0.25, 0.3) is 89.1 Å². The highest BCUT2D eigenvalue weighted by molar-refractivity contribution is 5.96. The number of rotatable bonds is 4. The van der Waals surface area contributed by atoms with Crippen molar-refractivity contribution in [2.75, 3.05) is 0 Å². The van der Waals surface area contributed by atoms with Crippen molar-refractivity contribution < 1.29 is 0 Å². The minimum atomic E-state index is -0.358. The molecule has 0 N–H and O–H groups in total. The molecule has 3 nitrogen and oxygen atoms in total. The lowest BCUT2D eigenvalue weighted by molar-refractivity contribution is 0.794. The Labute approximate surface area is 330 Å². The van der Waals surface area contributed by atoms with Crippen LogP contribution in [0.15, 0.2) is 200 Å². The Hall–Kier alpha value is -7.49. The molecule has 9 aromatic carbocycles. The number of fused-ring (bicyclic) bond motifs is 12. The van der Waals surface area contributed by atoms with Crippen molar-refractivity contribution in [1.82, 2.24) is 15.0 Å². The Balaban J connectivity index is 1.01. The zero-order valence-corrected chi connectivity index (χ0v) is 30.9. The van der Waals surface area contributed by atoms with Gasteiger partial charge >= 0.3 is 0 Å². The highest BCUT2D eigenvalue weighted by atomic mass is 15.0. The summed E-state index contributed by atoms with van der Waals surface area (Å²) in [4.78, 5) is 15.4. The smallest absolute Gasteiger partial charge is 0.164 e. The van der Waals surface area contributed by atoms with Crippen molar-refractivity contribution in [3.8, 4) is 67.5 Å². The molecule has 3 heteroatoms. The van der Waals surface area contributed by atoms with Gasteiger partial charge in [-0.2, -0.15) is 0 Å². The van der Waals surface area contributed by atoms with E-state index in [1.165, 1.54) is 55.3 Å². The molecule has 0 radical (unpaired) electrons. The van der Waals surface area contributed by atoms with Gasteiger partial charge in [-0.3, -0.25) is 0 Å². The van der Waals surface area contributed by atoms with Gasteiger partial charge in [0.15, 0.2) is 17.5 Å². The van der Waals surface area contributed by atoms with E-state index in [0.717, 1.165) is 38.6 Å². The molecule has 10 aromatic rings. The van der Waals surface area contributed by atoms with Crippen LogP contribution in [0.3, 0.4) is 0 Å². The van der Waals surface area contributed by atoms with Crippen LogP contribution in [0.4, 0.5) is 0 Å². The van der Waals surface area contributed by atoms with Crippen LogP contribution in [-0.4, -0.2) is 15.0 Å². The van der Waals surface area contributed by atoms with Gasteiger partial charge in [0.05, 0.1) is 5.41 Å². The van der Waals surface area contributed by atoms with E-state index in [0.29, 0.717) is 17.5 Å². The number of hydrogen-bond donors (Lipinski definition) is 0. The molecule has 1 aromatic heterocycles. The minimum Gasteiger partial charge on any atom is -0.208 e. The van der Waals surface area contributed by atoms with E-state index in [9.17, 15) is 0 Å². The van der Waals surface area contributed by atoms with Crippen molar-refractivity contribution in [2.24, 2.45) is 0 Å². The van der Waals surface area contributed by atoms with E-state index in [1.807, 2.05) is 0 Å². The fourth-order valence-electron chi connectivity index (χ4n) is 9.54. The van der Waals surface area contributed by atoms with Gasteiger partial charge in [0.1, 0.15) is 0 Å². The van der Waals surface area contributed by atoms with Crippen LogP contribution in [0.5, 0.6) is 0 Å². The molecule has 0 amide bonds. The fraction of sp³-hybridized carbons (Fsp3) is 0.0185. The van der Waals surface area contributed by atoms with E-state index in [1.54, 1.807) is 0 Å². The summed E-state index contributed by atoms with van der Waals surface area (Å²) in [5.74, 6) is 1.94. The maximum absolute atomic E-state index is 5.16. The van der Waals surface area contributed by atoms with Crippen LogP contribution < -0.4 is 0 Å². The molecule has 264 valence electrons. The van der Waals surface area contributed by atoms with Gasteiger partial charge in [-0.15, -0.1) is 0 Å². The topological polar surface area (TPSA) is 38.7 Å². The lowest BCUT2D eigenvalue weighted by Crippen LogP contribution is -2.25. The summed E-state index contributed by atoms with van der Waals surface area (Å²) >= 11 is 0. The Bertz CT molecular complexity index is 3130. The summed E-state index contributed by atoms with van der Waals surface area (Å²) in [7, 11) is 0. The zero-order valence-electron chi connectivity index (χ0n) is 30.9. The number of nitrogens with zero attached hydrogens (tertiary/aromatic N) is 3. The monoisotopic (exact) mass is 723 g/mol. The predicted octanol–water partition coefficient (Wildman–Crippen LogP) is 13.2. The van der Waals surface area contributed by atoms with Gasteiger partial charge in [0.25, 0.3) is 0 Å². The minimum absolute atomic E-state index is 0.358. The van der Waals surface area contributed by atoms with Crippen LogP contribution in [0.1, 0.15) is 22.3 Å². The summed E-state index contributed by atoms with van der Waals surface area (Å²) < 4.78 is 0. The maximum Gasteiger partial charge on any atom is 0.164 e. The van der Waals surface area contributed by atoms with Crippen molar-refractivity contribution in [3.05, 3.63) is 222 Å². The summed E-state index contributed by atoms with van der Waals surface area (Å²) in [6, 6.07) is 72.2. The van der Waals surface area contributed by atoms with Crippen LogP contribution in [0.2, 0.25) is 0 Å². The first kappa shape index (κ1) is 31.8. The van der Waals surface area contributed by atoms with E-state index < -0.39 is 0 Å². The molecule has 1 heterocycles. The van der Waals surface area contributed by atoms with Gasteiger partial charge < -0.3 is 0 Å². The molecule has 2 aliphatic rings. The molecule has 0 saturated carbocycles. The molecule has 57 heavy (non-hydrogen) atoms. The summed E-state index contributed by atoms with van der Waals surface area (Å²) in [5.41, 5.74) is 15.3. The molecular weight excluding hydrogens is 691 g/mol. The zero-order chi connectivity index (χ0) is 37.5. The van der Waals surface area contributed by atoms with Gasteiger partial charge in [0.2, 0.25) is 0 Å². The molecule has 12 rings (SSSR count). The van der Waals surface area contributed by atoms with Gasteiger partial charge in [-0.25, -0.2) is 15.0 Å². The van der Waals surface area contributed by atoms with E-state index in [-0.39, 0.29) is 5.41 Å². The number of benzene rings is 9. The van der Waals surface area contributed by atoms with Gasteiger partial charge in [-0.1, -0.05) is 176 Å². The predicted molar refractivity (Wildman–Crippen MR) is 233 cm³/mol. The molecule has 0 bridgehead atoms. The molecule has 0 aliphatic heterocycles. The Morgan fingerprint density at radius 2 is 0.632 bits per heavy atom. The Kier molecular flexibility index (Phi) is 6.84. The molecule has 1 spiro atoms. The Morgan fingerprint density at radius 1 is 0.246 bits per heavy atom. The normalized spacial score (nSPS) is 13.1. The maximum atomic E-state index is 5.16. The van der Waals surface area contributed by atoms with Gasteiger partial charge in [0, 0.05) is 16.7 Å². The summed E-state index contributed by atoms with van der Waals surface area (Å²) in [6.07, 6.45) is 0. The quantitative estimate of drug-likeness (QED) is 0.181. The number of aromatic nitrogens is 3. The second-order valence-electron chi connectivity index (χ2n) is 15.2. The van der Waals surface area contributed by atoms with E-state index in [4.69, 9.17) is 15.0 Å². The third-order valence-electron chi connectivity index (χ3n) is 12.1. The van der Waals surface area contributed by atoms with E-state index >= 15 is 0 Å².